The van der Waals surface area contributed by atoms with Crippen molar-refractivity contribution in [1.82, 2.24) is 4.98 Å². The molecular weight excluding hydrogens is 355 g/mol. The van der Waals surface area contributed by atoms with Crippen LogP contribution in [0.2, 0.25) is 0 Å². The number of alkyl halides is 3. The molecule has 0 aliphatic heterocycles. The smallest absolute Gasteiger partial charge is 0.255 e. The van der Waals surface area contributed by atoms with Crippen LogP contribution < -0.4 is 0 Å². The maximum absolute atomic E-state index is 12.4. The zero-order valence-corrected chi connectivity index (χ0v) is 10.6. The Morgan fingerprint density at radius 1 is 1.62 bits per heavy atom. The third-order valence-corrected chi connectivity index (χ3v) is 3.72. The Hall–Kier alpha value is 0.220. The van der Waals surface area contributed by atoms with Crippen molar-refractivity contribution >= 4 is 38.5 Å². The Kier molecular flexibility index (Phi) is 4.03. The monoisotopic (exact) mass is 361 g/mol. The molecule has 0 spiro atoms. The van der Waals surface area contributed by atoms with E-state index in [1.54, 1.807) is 0 Å². The van der Waals surface area contributed by atoms with E-state index >= 15 is 0 Å². The Morgan fingerprint density at radius 3 is 2.69 bits per heavy atom. The van der Waals surface area contributed by atoms with Crippen LogP contribution in [-0.4, -0.2) is 4.98 Å². The lowest BCUT2D eigenvalue weighted by atomic mass is 10.2. The van der Waals surface area contributed by atoms with Crippen molar-refractivity contribution < 1.29 is 8.78 Å². The van der Waals surface area contributed by atoms with Crippen LogP contribution in [0.5, 0.6) is 0 Å². The summed E-state index contributed by atoms with van der Waals surface area (Å²) in [6.45, 7) is 1.86. The van der Waals surface area contributed by atoms with Crippen molar-refractivity contribution in [3.63, 3.8) is 0 Å². The van der Waals surface area contributed by atoms with Crippen LogP contribution in [0, 0.1) is 10.5 Å². The van der Waals surface area contributed by atoms with Gasteiger partial charge in [-0.3, -0.25) is 4.98 Å². The van der Waals surface area contributed by atoms with E-state index in [0.717, 1.165) is 9.13 Å². The van der Waals surface area contributed by atoms with E-state index < -0.39 is 6.43 Å². The number of aryl methyl sites for hydroxylation is 1. The third kappa shape index (κ3) is 2.37. The number of pyridine rings is 1. The molecule has 1 heterocycles. The van der Waals surface area contributed by atoms with E-state index in [4.69, 9.17) is 0 Å². The number of aromatic nitrogens is 1. The fourth-order valence-electron chi connectivity index (χ4n) is 0.967. The van der Waals surface area contributed by atoms with E-state index in [-0.39, 0.29) is 5.69 Å². The molecule has 1 aromatic rings. The van der Waals surface area contributed by atoms with E-state index in [9.17, 15) is 8.78 Å². The average molecular weight is 362 g/mol. The number of rotatable bonds is 2. The van der Waals surface area contributed by atoms with Crippen LogP contribution in [0.15, 0.2) is 6.20 Å². The minimum atomic E-state index is -2.50. The number of hydrogen-bond donors (Lipinski definition) is 0. The Balaban J connectivity index is 3.30. The van der Waals surface area contributed by atoms with Gasteiger partial charge in [0, 0.05) is 20.7 Å². The van der Waals surface area contributed by atoms with Crippen LogP contribution in [0.3, 0.4) is 0 Å². The molecule has 0 saturated carbocycles. The van der Waals surface area contributed by atoms with Crippen molar-refractivity contribution in [2.75, 3.05) is 0 Å². The highest BCUT2D eigenvalue weighted by Crippen LogP contribution is 2.27. The van der Waals surface area contributed by atoms with Gasteiger partial charge >= 0.3 is 0 Å². The second kappa shape index (κ2) is 4.63. The summed E-state index contributed by atoms with van der Waals surface area (Å²) in [5, 5.41) is 0.416. The average Bonchev–Trinajstić information content (AvgIpc) is 2.09. The van der Waals surface area contributed by atoms with Crippen molar-refractivity contribution in [1.29, 1.82) is 0 Å². The highest BCUT2D eigenvalue weighted by Gasteiger charge is 2.17. The summed E-state index contributed by atoms with van der Waals surface area (Å²) in [6, 6.07) is 0. The first-order chi connectivity index (χ1) is 6.07. The molecule has 0 atom stereocenters. The standard InChI is InChI=1S/C8H7BrF2IN/c1-4-3-13-7(8(10)11)5(2-9)6(4)12/h3,8H,2H2,1H3. The normalized spacial score (nSPS) is 10.9. The van der Waals surface area contributed by atoms with Crippen LogP contribution in [0.25, 0.3) is 0 Å². The van der Waals surface area contributed by atoms with Gasteiger partial charge in [-0.15, -0.1) is 0 Å². The molecule has 0 N–H and O–H groups in total. The summed E-state index contributed by atoms with van der Waals surface area (Å²) in [7, 11) is 0. The molecule has 0 aromatic carbocycles. The van der Waals surface area contributed by atoms with Gasteiger partial charge in [0.15, 0.2) is 0 Å². The van der Waals surface area contributed by atoms with Crippen molar-refractivity contribution in [2.24, 2.45) is 0 Å². The molecule has 0 unspecified atom stereocenters. The fraction of sp³-hybridized carbons (Fsp3) is 0.375. The molecule has 0 fully saturated rings. The molecular formula is C8H7BrF2IN. The lowest BCUT2D eigenvalue weighted by molar-refractivity contribution is 0.145. The summed E-state index contributed by atoms with van der Waals surface area (Å²) in [5.41, 5.74) is 1.40. The van der Waals surface area contributed by atoms with Crippen LogP contribution in [0.4, 0.5) is 8.78 Å². The van der Waals surface area contributed by atoms with Crippen molar-refractivity contribution in [3.05, 3.63) is 26.6 Å². The Labute approximate surface area is 97.2 Å². The molecule has 1 nitrogen and oxygen atoms in total. The van der Waals surface area contributed by atoms with Crippen molar-refractivity contribution in [3.8, 4) is 0 Å². The molecule has 72 valence electrons. The summed E-state index contributed by atoms with van der Waals surface area (Å²) >= 11 is 5.24. The first-order valence-corrected chi connectivity index (χ1v) is 5.76. The second-order valence-electron chi connectivity index (χ2n) is 2.55. The van der Waals surface area contributed by atoms with E-state index in [0.29, 0.717) is 10.9 Å². The van der Waals surface area contributed by atoms with E-state index in [1.165, 1.54) is 6.20 Å². The second-order valence-corrected chi connectivity index (χ2v) is 4.19. The SMILES string of the molecule is Cc1cnc(C(F)F)c(CBr)c1I. The molecule has 1 aromatic heterocycles. The largest absolute Gasteiger partial charge is 0.280 e. The Morgan fingerprint density at radius 2 is 2.23 bits per heavy atom. The minimum absolute atomic E-state index is 0.119. The van der Waals surface area contributed by atoms with Gasteiger partial charge in [-0.25, -0.2) is 8.78 Å². The van der Waals surface area contributed by atoms with Gasteiger partial charge in [0.1, 0.15) is 5.69 Å². The van der Waals surface area contributed by atoms with Gasteiger partial charge < -0.3 is 0 Å². The maximum atomic E-state index is 12.4. The van der Waals surface area contributed by atoms with E-state index in [1.807, 2.05) is 6.92 Å². The number of hydrogen-bond acceptors (Lipinski definition) is 1. The molecule has 0 amide bonds. The topological polar surface area (TPSA) is 12.9 Å². The predicted molar refractivity (Wildman–Crippen MR) is 59.3 cm³/mol. The molecule has 13 heavy (non-hydrogen) atoms. The predicted octanol–water partition coefficient (Wildman–Crippen LogP) is 3.83. The van der Waals surface area contributed by atoms with Crippen molar-refractivity contribution in [2.45, 2.75) is 18.7 Å². The Bertz CT molecular complexity index is 317. The fourth-order valence-corrected chi connectivity index (χ4v) is 2.66. The summed E-state index contributed by atoms with van der Waals surface area (Å²) in [4.78, 5) is 3.72. The van der Waals surface area contributed by atoms with Gasteiger partial charge in [0.05, 0.1) is 0 Å². The summed E-state index contributed by atoms with van der Waals surface area (Å²) in [6.07, 6.45) is -1.02. The molecule has 0 bridgehead atoms. The zero-order valence-electron chi connectivity index (χ0n) is 6.82. The van der Waals surface area contributed by atoms with Gasteiger partial charge in [-0.05, 0) is 35.1 Å². The number of nitrogens with zero attached hydrogens (tertiary/aromatic N) is 1. The highest BCUT2D eigenvalue weighted by atomic mass is 127. The number of halogens is 4. The van der Waals surface area contributed by atoms with Gasteiger partial charge in [-0.1, -0.05) is 15.9 Å². The van der Waals surface area contributed by atoms with Gasteiger partial charge in [-0.2, -0.15) is 0 Å². The molecule has 0 aliphatic carbocycles. The summed E-state index contributed by atoms with van der Waals surface area (Å²) < 4.78 is 25.7. The van der Waals surface area contributed by atoms with Gasteiger partial charge in [0.2, 0.25) is 0 Å². The van der Waals surface area contributed by atoms with Crippen LogP contribution in [0.1, 0.15) is 23.2 Å². The molecule has 0 saturated heterocycles. The molecule has 5 heteroatoms. The zero-order chi connectivity index (χ0) is 10.0. The van der Waals surface area contributed by atoms with Crippen LogP contribution >= 0.6 is 38.5 Å². The first kappa shape index (κ1) is 11.3. The maximum Gasteiger partial charge on any atom is 0.280 e. The molecule has 1 rings (SSSR count). The van der Waals surface area contributed by atoms with Gasteiger partial charge in [0.25, 0.3) is 6.43 Å². The quantitative estimate of drug-likeness (QED) is 0.576. The molecule has 0 aliphatic rings. The summed E-state index contributed by atoms with van der Waals surface area (Å²) in [5.74, 6) is 0. The molecule has 0 radical (unpaired) electrons. The van der Waals surface area contributed by atoms with Crippen LogP contribution in [-0.2, 0) is 5.33 Å². The lowest BCUT2D eigenvalue weighted by Gasteiger charge is -2.09. The first-order valence-electron chi connectivity index (χ1n) is 3.56. The highest BCUT2D eigenvalue weighted by molar-refractivity contribution is 14.1. The lowest BCUT2D eigenvalue weighted by Crippen LogP contribution is -2.01. The third-order valence-electron chi connectivity index (χ3n) is 1.66. The van der Waals surface area contributed by atoms with E-state index in [2.05, 4.69) is 43.5 Å². The minimum Gasteiger partial charge on any atom is -0.255 e.